The predicted molar refractivity (Wildman–Crippen MR) is 89.3 cm³/mol. The minimum Gasteiger partial charge on any atom is -0.393 e. The summed E-state index contributed by atoms with van der Waals surface area (Å²) in [6, 6.07) is 0.718. The van der Waals surface area contributed by atoms with Crippen molar-refractivity contribution in [1.82, 2.24) is 14.7 Å². The molecular formula is C15H28N4OS. The molecule has 0 aromatic heterocycles. The molecule has 0 aromatic carbocycles. The highest BCUT2D eigenvalue weighted by molar-refractivity contribution is 7.80. The van der Waals surface area contributed by atoms with Crippen molar-refractivity contribution >= 4 is 23.1 Å². The van der Waals surface area contributed by atoms with E-state index in [-0.39, 0.29) is 5.91 Å². The Morgan fingerprint density at radius 1 is 1.29 bits per heavy atom. The van der Waals surface area contributed by atoms with Crippen LogP contribution in [0, 0.1) is 0 Å². The smallest absolute Gasteiger partial charge is 0.223 e. The molecule has 2 fully saturated rings. The first-order chi connectivity index (χ1) is 10.1. The molecule has 120 valence electrons. The SMILES string of the molecule is CN(CCC(N)=S)C(=O)CCN1CCN2CCCCC2C1. The number of hydrogen-bond donors (Lipinski definition) is 1. The van der Waals surface area contributed by atoms with Crippen molar-refractivity contribution in [2.45, 2.75) is 38.1 Å². The van der Waals surface area contributed by atoms with Gasteiger partial charge in [0, 0.05) is 58.7 Å². The molecule has 21 heavy (non-hydrogen) atoms. The zero-order valence-corrected chi connectivity index (χ0v) is 13.9. The van der Waals surface area contributed by atoms with Gasteiger partial charge in [-0.25, -0.2) is 0 Å². The first-order valence-electron chi connectivity index (χ1n) is 8.05. The van der Waals surface area contributed by atoms with Crippen molar-refractivity contribution in [3.63, 3.8) is 0 Å². The van der Waals surface area contributed by atoms with Gasteiger partial charge in [-0.05, 0) is 19.4 Å². The fourth-order valence-electron chi connectivity index (χ4n) is 3.27. The molecule has 2 aliphatic rings. The van der Waals surface area contributed by atoms with Gasteiger partial charge in [-0.15, -0.1) is 0 Å². The molecule has 1 amide bonds. The summed E-state index contributed by atoms with van der Waals surface area (Å²) >= 11 is 4.85. The van der Waals surface area contributed by atoms with Gasteiger partial charge in [0.05, 0.1) is 4.99 Å². The molecule has 2 heterocycles. The monoisotopic (exact) mass is 312 g/mol. The molecule has 2 rings (SSSR count). The molecule has 2 saturated heterocycles. The van der Waals surface area contributed by atoms with Crippen molar-refractivity contribution in [2.24, 2.45) is 5.73 Å². The fourth-order valence-corrected chi connectivity index (χ4v) is 3.36. The summed E-state index contributed by atoms with van der Waals surface area (Å²) in [5.41, 5.74) is 5.47. The first-order valence-corrected chi connectivity index (χ1v) is 8.46. The molecule has 2 aliphatic heterocycles. The van der Waals surface area contributed by atoms with Crippen LogP contribution in [0.25, 0.3) is 0 Å². The molecule has 0 spiro atoms. The quantitative estimate of drug-likeness (QED) is 0.731. The molecule has 5 nitrogen and oxygen atoms in total. The Balaban J connectivity index is 1.68. The second-order valence-corrected chi connectivity index (χ2v) is 6.79. The van der Waals surface area contributed by atoms with Crippen molar-refractivity contribution in [2.75, 3.05) is 46.3 Å². The first kappa shape index (κ1) is 16.6. The van der Waals surface area contributed by atoms with Gasteiger partial charge in [-0.1, -0.05) is 18.6 Å². The lowest BCUT2D eigenvalue weighted by Crippen LogP contribution is -2.55. The van der Waals surface area contributed by atoms with E-state index in [2.05, 4.69) is 9.80 Å². The summed E-state index contributed by atoms with van der Waals surface area (Å²) in [7, 11) is 1.83. The van der Waals surface area contributed by atoms with E-state index >= 15 is 0 Å². The number of rotatable bonds is 6. The second kappa shape index (κ2) is 8.06. The third kappa shape index (κ3) is 5.20. The number of hydrogen-bond acceptors (Lipinski definition) is 4. The van der Waals surface area contributed by atoms with Crippen LogP contribution in [0.1, 0.15) is 32.1 Å². The Kier molecular flexibility index (Phi) is 6.39. The van der Waals surface area contributed by atoms with Crippen LogP contribution in [0.2, 0.25) is 0 Å². The fraction of sp³-hybridized carbons (Fsp3) is 0.867. The van der Waals surface area contributed by atoms with Crippen molar-refractivity contribution < 1.29 is 4.79 Å². The predicted octanol–water partition coefficient (Wildman–Crippen LogP) is 0.681. The van der Waals surface area contributed by atoms with E-state index in [1.165, 1.54) is 25.8 Å². The van der Waals surface area contributed by atoms with E-state index in [9.17, 15) is 4.79 Å². The van der Waals surface area contributed by atoms with Gasteiger partial charge in [0.25, 0.3) is 0 Å². The molecule has 6 heteroatoms. The number of thiocarbonyl (C=S) groups is 1. The molecule has 0 aliphatic carbocycles. The summed E-state index contributed by atoms with van der Waals surface area (Å²) in [6.07, 6.45) is 5.23. The summed E-state index contributed by atoms with van der Waals surface area (Å²) in [4.78, 5) is 19.4. The van der Waals surface area contributed by atoms with Crippen LogP contribution in [0.15, 0.2) is 0 Å². The number of carbonyl (C=O) groups is 1. The Morgan fingerprint density at radius 2 is 2.10 bits per heavy atom. The summed E-state index contributed by atoms with van der Waals surface area (Å²) in [6.45, 7) is 6.16. The summed E-state index contributed by atoms with van der Waals surface area (Å²) < 4.78 is 0. The highest BCUT2D eigenvalue weighted by Crippen LogP contribution is 2.21. The number of piperidine rings is 1. The van der Waals surface area contributed by atoms with E-state index in [4.69, 9.17) is 18.0 Å². The molecule has 1 unspecified atom stereocenters. The summed E-state index contributed by atoms with van der Waals surface area (Å²) in [5, 5.41) is 0. The maximum atomic E-state index is 12.1. The van der Waals surface area contributed by atoms with Gasteiger partial charge in [-0.3, -0.25) is 14.6 Å². The molecule has 0 aromatic rings. The normalized spacial score (nSPS) is 23.6. The van der Waals surface area contributed by atoms with Crippen LogP contribution in [0.4, 0.5) is 0 Å². The highest BCUT2D eigenvalue weighted by atomic mass is 32.1. The molecule has 0 bridgehead atoms. The molecular weight excluding hydrogens is 284 g/mol. The number of piperazine rings is 1. The lowest BCUT2D eigenvalue weighted by molar-refractivity contribution is -0.130. The van der Waals surface area contributed by atoms with Crippen LogP contribution in [-0.2, 0) is 4.79 Å². The standard InChI is InChI=1S/C15H28N4OS/c1-17(8-5-14(16)21)15(20)6-9-18-10-11-19-7-3-2-4-13(19)12-18/h13H,2-12H2,1H3,(H2,16,21). The number of fused-ring (bicyclic) bond motifs is 1. The van der Waals surface area contributed by atoms with Crippen molar-refractivity contribution in [3.05, 3.63) is 0 Å². The van der Waals surface area contributed by atoms with Gasteiger partial charge in [-0.2, -0.15) is 0 Å². The number of nitrogens with two attached hydrogens (primary N) is 1. The van der Waals surface area contributed by atoms with Crippen molar-refractivity contribution in [3.8, 4) is 0 Å². The minimum absolute atomic E-state index is 0.192. The lowest BCUT2D eigenvalue weighted by atomic mass is 9.99. The van der Waals surface area contributed by atoms with Gasteiger partial charge in [0.1, 0.15) is 0 Å². The Hall–Kier alpha value is -0.720. The summed E-state index contributed by atoms with van der Waals surface area (Å²) in [5.74, 6) is 0.192. The van der Waals surface area contributed by atoms with E-state index in [0.717, 1.165) is 32.2 Å². The maximum Gasteiger partial charge on any atom is 0.223 e. The van der Waals surface area contributed by atoms with Crippen LogP contribution < -0.4 is 5.73 Å². The Bertz CT molecular complexity index is 377. The van der Waals surface area contributed by atoms with Crippen LogP contribution in [0.3, 0.4) is 0 Å². The number of nitrogens with zero attached hydrogens (tertiary/aromatic N) is 3. The number of carbonyl (C=O) groups excluding carboxylic acids is 1. The Labute approximate surface area is 133 Å². The Morgan fingerprint density at radius 3 is 2.86 bits per heavy atom. The van der Waals surface area contributed by atoms with Crippen LogP contribution in [0.5, 0.6) is 0 Å². The van der Waals surface area contributed by atoms with Crippen LogP contribution >= 0.6 is 12.2 Å². The van der Waals surface area contributed by atoms with E-state index in [1.54, 1.807) is 4.90 Å². The molecule has 1 atom stereocenters. The zero-order chi connectivity index (χ0) is 15.2. The highest BCUT2D eigenvalue weighted by Gasteiger charge is 2.28. The van der Waals surface area contributed by atoms with Gasteiger partial charge in [0.2, 0.25) is 5.91 Å². The van der Waals surface area contributed by atoms with E-state index < -0.39 is 0 Å². The second-order valence-electron chi connectivity index (χ2n) is 6.27. The average molecular weight is 312 g/mol. The van der Waals surface area contributed by atoms with E-state index in [0.29, 0.717) is 24.4 Å². The average Bonchev–Trinajstić information content (AvgIpc) is 2.49. The third-order valence-electron chi connectivity index (χ3n) is 4.68. The molecule has 0 radical (unpaired) electrons. The number of amides is 1. The minimum atomic E-state index is 0.192. The maximum absolute atomic E-state index is 12.1. The largest absolute Gasteiger partial charge is 0.393 e. The topological polar surface area (TPSA) is 52.8 Å². The van der Waals surface area contributed by atoms with E-state index in [1.807, 2.05) is 7.05 Å². The van der Waals surface area contributed by atoms with Crippen molar-refractivity contribution in [1.29, 1.82) is 0 Å². The van der Waals surface area contributed by atoms with Gasteiger partial charge in [0.15, 0.2) is 0 Å². The molecule has 2 N–H and O–H groups in total. The van der Waals surface area contributed by atoms with Gasteiger partial charge < -0.3 is 10.6 Å². The third-order valence-corrected chi connectivity index (χ3v) is 4.89. The molecule has 0 saturated carbocycles. The zero-order valence-electron chi connectivity index (χ0n) is 13.1. The lowest BCUT2D eigenvalue weighted by Gasteiger charge is -2.44. The van der Waals surface area contributed by atoms with Gasteiger partial charge >= 0.3 is 0 Å². The van der Waals surface area contributed by atoms with Crippen LogP contribution in [-0.4, -0.2) is 78.0 Å².